The fourth-order valence-electron chi connectivity index (χ4n) is 5.90. The molecule has 11 nitrogen and oxygen atoms in total. The number of nitrogens with one attached hydrogen (secondary N) is 2. The maximum atomic E-state index is 13.0. The summed E-state index contributed by atoms with van der Waals surface area (Å²) in [5.41, 5.74) is 11.3. The number of imide groups is 2. The summed E-state index contributed by atoms with van der Waals surface area (Å²) in [7, 11) is 0. The van der Waals surface area contributed by atoms with Gasteiger partial charge in [-0.1, -0.05) is 12.1 Å². The molecule has 6 rings (SSSR count). The number of benzene rings is 2. The highest BCUT2D eigenvalue weighted by molar-refractivity contribution is 6.23. The molecule has 4 amide bonds. The number of nitrogens with zero attached hydrogens (tertiary/aromatic N) is 4. The van der Waals surface area contributed by atoms with Gasteiger partial charge >= 0.3 is 0 Å². The average molecular weight is 580 g/mol. The third-order valence-corrected chi connectivity index (χ3v) is 8.33. The zero-order chi connectivity index (χ0) is 30.1. The summed E-state index contributed by atoms with van der Waals surface area (Å²) < 4.78 is 0. The van der Waals surface area contributed by atoms with Crippen molar-refractivity contribution in [3.05, 3.63) is 71.2 Å². The predicted octanol–water partition coefficient (Wildman–Crippen LogP) is 3.46. The van der Waals surface area contributed by atoms with Crippen LogP contribution < -0.4 is 16.4 Å². The zero-order valence-electron chi connectivity index (χ0n) is 23.9. The van der Waals surface area contributed by atoms with Crippen LogP contribution in [0.15, 0.2) is 59.4 Å². The summed E-state index contributed by atoms with van der Waals surface area (Å²) in [5.74, 6) is -1.42. The molecule has 0 bridgehead atoms. The van der Waals surface area contributed by atoms with Gasteiger partial charge in [-0.25, -0.2) is 4.98 Å². The number of carbonyl (C=O) groups excluding carboxylic acids is 4. The van der Waals surface area contributed by atoms with E-state index in [-0.39, 0.29) is 30.0 Å². The van der Waals surface area contributed by atoms with Crippen LogP contribution in [-0.4, -0.2) is 63.3 Å². The van der Waals surface area contributed by atoms with Crippen LogP contribution in [0.5, 0.6) is 0 Å². The number of piperidine rings is 1. The molecule has 220 valence electrons. The lowest BCUT2D eigenvalue weighted by Crippen LogP contribution is -2.54. The van der Waals surface area contributed by atoms with E-state index in [0.29, 0.717) is 17.3 Å². The molecule has 4 N–H and O–H groups in total. The molecule has 2 aliphatic heterocycles. The minimum Gasteiger partial charge on any atom is -0.402 e. The summed E-state index contributed by atoms with van der Waals surface area (Å²) in [5, 5.41) is 5.56. The molecule has 43 heavy (non-hydrogen) atoms. The topological polar surface area (TPSA) is 160 Å². The predicted molar refractivity (Wildman–Crippen MR) is 162 cm³/mol. The maximum absolute atomic E-state index is 13.0. The molecular formula is C32H33N7O4. The molecule has 2 aromatic carbocycles. The Labute approximate surface area is 248 Å². The third kappa shape index (κ3) is 5.75. The van der Waals surface area contributed by atoms with Crippen molar-refractivity contribution in [1.29, 1.82) is 0 Å². The number of aliphatic imine (C=N–C) groups is 1. The molecule has 2 fully saturated rings. The van der Waals surface area contributed by atoms with Gasteiger partial charge in [0.1, 0.15) is 6.04 Å². The Kier molecular flexibility index (Phi) is 7.71. The number of aromatic nitrogens is 2. The summed E-state index contributed by atoms with van der Waals surface area (Å²) in [6.45, 7) is 2.57. The smallest absolute Gasteiger partial charge is 0.262 e. The van der Waals surface area contributed by atoms with E-state index in [1.54, 1.807) is 24.4 Å². The van der Waals surface area contributed by atoms with Gasteiger partial charge < -0.3 is 11.1 Å². The van der Waals surface area contributed by atoms with Crippen molar-refractivity contribution in [3.8, 4) is 0 Å². The molecule has 1 saturated heterocycles. The Morgan fingerprint density at radius 3 is 2.63 bits per heavy atom. The normalized spacial score (nSPS) is 22.4. The number of anilines is 1. The summed E-state index contributed by atoms with van der Waals surface area (Å²) >= 11 is 0. The van der Waals surface area contributed by atoms with Crippen LogP contribution in [0.3, 0.4) is 0 Å². The van der Waals surface area contributed by atoms with Crippen molar-refractivity contribution in [2.45, 2.75) is 57.5 Å². The van der Waals surface area contributed by atoms with E-state index < -0.39 is 29.7 Å². The first kappa shape index (κ1) is 28.2. The van der Waals surface area contributed by atoms with Gasteiger partial charge in [0.2, 0.25) is 11.8 Å². The molecule has 1 aromatic heterocycles. The van der Waals surface area contributed by atoms with Crippen LogP contribution in [0.1, 0.15) is 71.9 Å². The van der Waals surface area contributed by atoms with Gasteiger partial charge in [-0.05, 0) is 75.3 Å². The van der Waals surface area contributed by atoms with Crippen molar-refractivity contribution in [2.24, 2.45) is 16.6 Å². The van der Waals surface area contributed by atoms with Crippen molar-refractivity contribution in [1.82, 2.24) is 20.2 Å². The lowest BCUT2D eigenvalue weighted by Gasteiger charge is -2.32. The van der Waals surface area contributed by atoms with Crippen LogP contribution in [0.4, 0.5) is 5.69 Å². The largest absolute Gasteiger partial charge is 0.402 e. The number of hydrogen-bond donors (Lipinski definition) is 3. The van der Waals surface area contributed by atoms with Crippen LogP contribution in [0, 0.1) is 5.92 Å². The van der Waals surface area contributed by atoms with Crippen LogP contribution in [0.25, 0.3) is 16.6 Å². The lowest BCUT2D eigenvalue weighted by molar-refractivity contribution is -0.136. The quantitative estimate of drug-likeness (QED) is 0.197. The van der Waals surface area contributed by atoms with Crippen molar-refractivity contribution < 1.29 is 19.2 Å². The molecule has 3 aromatic rings. The molecule has 1 unspecified atom stereocenters. The van der Waals surface area contributed by atoms with E-state index in [1.807, 2.05) is 37.4 Å². The van der Waals surface area contributed by atoms with Gasteiger partial charge in [0, 0.05) is 36.1 Å². The van der Waals surface area contributed by atoms with Gasteiger partial charge in [0.15, 0.2) is 0 Å². The van der Waals surface area contributed by atoms with Crippen LogP contribution in [0.2, 0.25) is 0 Å². The monoisotopic (exact) mass is 579 g/mol. The molecule has 0 spiro atoms. The number of allylic oxidation sites excluding steroid dienone is 2. The molecule has 1 aliphatic carbocycles. The number of para-hydroxylation sites is 2. The van der Waals surface area contributed by atoms with E-state index in [4.69, 9.17) is 15.7 Å². The van der Waals surface area contributed by atoms with Gasteiger partial charge in [0.05, 0.1) is 40.1 Å². The zero-order valence-corrected chi connectivity index (χ0v) is 23.9. The van der Waals surface area contributed by atoms with E-state index in [0.717, 1.165) is 59.4 Å². The first-order valence-electron chi connectivity index (χ1n) is 14.6. The van der Waals surface area contributed by atoms with Gasteiger partial charge in [0.25, 0.3) is 11.8 Å². The second-order valence-corrected chi connectivity index (χ2v) is 11.4. The Bertz CT molecular complexity index is 1690. The summed E-state index contributed by atoms with van der Waals surface area (Å²) in [6, 6.07) is 12.1. The van der Waals surface area contributed by atoms with E-state index >= 15 is 0 Å². The summed E-state index contributed by atoms with van der Waals surface area (Å²) in [4.78, 5) is 64.6. The Balaban J connectivity index is 0.969. The number of nitrogens with two attached hydrogens (primary N) is 1. The van der Waals surface area contributed by atoms with Gasteiger partial charge in [-0.15, -0.1) is 0 Å². The third-order valence-electron chi connectivity index (χ3n) is 8.33. The first-order valence-corrected chi connectivity index (χ1v) is 14.6. The molecule has 1 atom stereocenters. The number of amides is 4. The highest BCUT2D eigenvalue weighted by Crippen LogP contribution is 2.34. The Hall–Kier alpha value is -4.93. The van der Waals surface area contributed by atoms with Gasteiger partial charge in [-0.3, -0.25) is 39.4 Å². The molecule has 3 aliphatic rings. The van der Waals surface area contributed by atoms with Crippen LogP contribution >= 0.6 is 0 Å². The number of fused-ring (bicyclic) bond motifs is 2. The highest BCUT2D eigenvalue weighted by atomic mass is 16.2. The van der Waals surface area contributed by atoms with Crippen molar-refractivity contribution >= 4 is 52.1 Å². The average Bonchev–Trinajstić information content (AvgIpc) is 3.21. The SMILES string of the molecule is CC(N)=C(C=NC1CC(CCCNc2ccc3c(c2)C(=O)N(C2CCC(=O)NC2=O)C3=O)C1)c1cnc2ccccc2n1. The Morgan fingerprint density at radius 2 is 1.86 bits per heavy atom. The second-order valence-electron chi connectivity index (χ2n) is 11.4. The van der Waals surface area contributed by atoms with Crippen molar-refractivity contribution in [2.75, 3.05) is 11.9 Å². The van der Waals surface area contributed by atoms with E-state index in [9.17, 15) is 19.2 Å². The standard InChI is InChI=1S/C32H33N7O4/c1-18(33)24(27-17-36-25-6-2-3-7-26(25)37-27)16-35-21-13-19(14-21)5-4-12-34-20-8-9-22-23(15-20)32(43)39(31(22)42)28-10-11-29(40)38-30(28)41/h2-3,6-9,15-17,19,21,28,34H,4-5,10-14,33H2,1H3,(H,38,40,41). The minimum absolute atomic E-state index is 0.0939. The molecular weight excluding hydrogens is 546 g/mol. The minimum atomic E-state index is -0.966. The fraction of sp³-hybridized carbons (Fsp3) is 0.344. The number of rotatable bonds is 9. The fourth-order valence-corrected chi connectivity index (χ4v) is 5.90. The van der Waals surface area contributed by atoms with E-state index in [2.05, 4.69) is 15.6 Å². The maximum Gasteiger partial charge on any atom is 0.262 e. The number of hydrogen-bond acceptors (Lipinski definition) is 9. The highest BCUT2D eigenvalue weighted by Gasteiger charge is 2.44. The molecule has 11 heteroatoms. The second kappa shape index (κ2) is 11.7. The van der Waals surface area contributed by atoms with Gasteiger partial charge in [-0.2, -0.15) is 0 Å². The summed E-state index contributed by atoms with van der Waals surface area (Å²) in [6.07, 6.45) is 7.84. The first-order chi connectivity index (χ1) is 20.8. The molecule has 3 heterocycles. The Morgan fingerprint density at radius 1 is 1.09 bits per heavy atom. The molecule has 1 saturated carbocycles. The lowest BCUT2D eigenvalue weighted by atomic mass is 9.78. The van der Waals surface area contributed by atoms with Crippen molar-refractivity contribution in [3.63, 3.8) is 0 Å². The molecule has 0 radical (unpaired) electrons. The van der Waals surface area contributed by atoms with Crippen LogP contribution in [-0.2, 0) is 9.59 Å². The van der Waals surface area contributed by atoms with E-state index in [1.165, 1.54) is 0 Å². The number of carbonyl (C=O) groups is 4.